The second-order valence-corrected chi connectivity index (χ2v) is 5.79. The summed E-state index contributed by atoms with van der Waals surface area (Å²) in [6.07, 6.45) is 0. The summed E-state index contributed by atoms with van der Waals surface area (Å²) in [6, 6.07) is 3.58. The van der Waals surface area contributed by atoms with Gasteiger partial charge in [0, 0.05) is 21.3 Å². The summed E-state index contributed by atoms with van der Waals surface area (Å²) >= 11 is 3.34. The number of carbonyl (C=O) groups excluding carboxylic acids is 1. The lowest BCUT2D eigenvalue weighted by Gasteiger charge is -2.21. The second kappa shape index (κ2) is 4.45. The van der Waals surface area contributed by atoms with Crippen LogP contribution in [0.1, 0.15) is 36.7 Å². The molecule has 1 rings (SSSR count). The molecule has 16 heavy (non-hydrogen) atoms. The molecule has 0 saturated carbocycles. The zero-order valence-corrected chi connectivity index (χ0v) is 11.6. The largest absolute Gasteiger partial charge is 0.398 e. The molecule has 0 heterocycles. The number of nitrogens with one attached hydrogen (secondary N) is 1. The molecule has 0 saturated heterocycles. The number of anilines is 1. The maximum absolute atomic E-state index is 12.0. The van der Waals surface area contributed by atoms with E-state index in [1.165, 1.54) is 0 Å². The fourth-order valence-electron chi connectivity index (χ4n) is 1.34. The van der Waals surface area contributed by atoms with Crippen LogP contribution < -0.4 is 11.1 Å². The molecule has 88 valence electrons. The number of carbonyl (C=O) groups is 1. The first-order valence-electron chi connectivity index (χ1n) is 5.09. The lowest BCUT2D eigenvalue weighted by Crippen LogP contribution is -2.40. The number of hydrogen-bond donors (Lipinski definition) is 2. The van der Waals surface area contributed by atoms with E-state index in [9.17, 15) is 4.79 Å². The van der Waals surface area contributed by atoms with Crippen molar-refractivity contribution in [3.05, 3.63) is 27.7 Å². The van der Waals surface area contributed by atoms with E-state index in [1.807, 2.05) is 27.7 Å². The number of nitrogen functional groups attached to an aromatic ring is 1. The van der Waals surface area contributed by atoms with Gasteiger partial charge >= 0.3 is 0 Å². The third-order valence-electron chi connectivity index (χ3n) is 2.15. The topological polar surface area (TPSA) is 55.1 Å². The van der Waals surface area contributed by atoms with Gasteiger partial charge in [-0.1, -0.05) is 15.9 Å². The Morgan fingerprint density at radius 3 is 2.44 bits per heavy atom. The third kappa shape index (κ3) is 3.23. The minimum Gasteiger partial charge on any atom is -0.398 e. The average molecular weight is 285 g/mol. The highest BCUT2D eigenvalue weighted by Crippen LogP contribution is 2.23. The zero-order valence-electron chi connectivity index (χ0n) is 10.0. The molecule has 0 aliphatic rings. The highest BCUT2D eigenvalue weighted by atomic mass is 79.9. The van der Waals surface area contributed by atoms with Crippen LogP contribution in [0, 0.1) is 6.92 Å². The molecule has 0 unspecified atom stereocenters. The minimum absolute atomic E-state index is 0.0991. The molecule has 1 amide bonds. The first kappa shape index (κ1) is 13.0. The molecule has 1 aromatic carbocycles. The molecule has 0 aliphatic carbocycles. The van der Waals surface area contributed by atoms with Crippen molar-refractivity contribution in [1.29, 1.82) is 0 Å². The Balaban J connectivity index is 3.09. The Labute approximate surface area is 105 Å². The molecule has 0 fully saturated rings. The molecule has 3 N–H and O–H groups in total. The number of hydrogen-bond acceptors (Lipinski definition) is 2. The quantitative estimate of drug-likeness (QED) is 0.779. The van der Waals surface area contributed by atoms with Crippen molar-refractivity contribution in [2.75, 3.05) is 5.73 Å². The Hall–Kier alpha value is -1.03. The predicted molar refractivity (Wildman–Crippen MR) is 70.5 cm³/mol. The maximum Gasteiger partial charge on any atom is 0.252 e. The van der Waals surface area contributed by atoms with Gasteiger partial charge in [-0.25, -0.2) is 0 Å². The van der Waals surface area contributed by atoms with Crippen molar-refractivity contribution in [1.82, 2.24) is 5.32 Å². The first-order valence-corrected chi connectivity index (χ1v) is 5.88. The van der Waals surface area contributed by atoms with Crippen LogP contribution in [0.25, 0.3) is 0 Å². The van der Waals surface area contributed by atoms with Crippen LogP contribution in [0.3, 0.4) is 0 Å². The number of amides is 1. The van der Waals surface area contributed by atoms with Gasteiger partial charge in [-0.05, 0) is 45.4 Å². The van der Waals surface area contributed by atoms with Crippen LogP contribution in [0.4, 0.5) is 5.69 Å². The van der Waals surface area contributed by atoms with Crippen molar-refractivity contribution < 1.29 is 4.79 Å². The molecular weight excluding hydrogens is 268 g/mol. The lowest BCUT2D eigenvalue weighted by molar-refractivity contribution is 0.0919. The average Bonchev–Trinajstić information content (AvgIpc) is 2.08. The Morgan fingerprint density at radius 2 is 1.94 bits per heavy atom. The fraction of sp³-hybridized carbons (Fsp3) is 0.417. The van der Waals surface area contributed by atoms with E-state index in [0.717, 1.165) is 10.0 Å². The zero-order chi connectivity index (χ0) is 12.5. The summed E-state index contributed by atoms with van der Waals surface area (Å²) in [4.78, 5) is 12.0. The van der Waals surface area contributed by atoms with Gasteiger partial charge in [-0.3, -0.25) is 4.79 Å². The fourth-order valence-corrected chi connectivity index (χ4v) is 1.82. The van der Waals surface area contributed by atoms with Gasteiger partial charge < -0.3 is 11.1 Å². The minimum atomic E-state index is -0.249. The molecule has 4 heteroatoms. The van der Waals surface area contributed by atoms with E-state index < -0.39 is 0 Å². The van der Waals surface area contributed by atoms with Gasteiger partial charge in [0.25, 0.3) is 5.91 Å². The second-order valence-electron chi connectivity index (χ2n) is 4.87. The molecule has 0 radical (unpaired) electrons. The van der Waals surface area contributed by atoms with E-state index in [4.69, 9.17) is 5.73 Å². The van der Waals surface area contributed by atoms with Gasteiger partial charge in [-0.2, -0.15) is 0 Å². The van der Waals surface area contributed by atoms with Crippen molar-refractivity contribution in [2.45, 2.75) is 33.2 Å². The van der Waals surface area contributed by atoms with Crippen LogP contribution in [0.2, 0.25) is 0 Å². The standard InChI is InChI=1S/C12H17BrN2O/c1-7-9(5-8(13)6-10(7)14)11(16)15-12(2,3)4/h5-6H,14H2,1-4H3,(H,15,16). The normalized spacial score (nSPS) is 11.3. The number of rotatable bonds is 1. The number of halogens is 1. The Bertz CT molecular complexity index is 422. The summed E-state index contributed by atoms with van der Waals surface area (Å²) in [6.45, 7) is 7.68. The molecule has 1 aromatic rings. The van der Waals surface area contributed by atoms with Crippen LogP contribution in [-0.4, -0.2) is 11.4 Å². The summed E-state index contributed by atoms with van der Waals surface area (Å²) in [5, 5.41) is 2.92. The monoisotopic (exact) mass is 284 g/mol. The van der Waals surface area contributed by atoms with Crippen LogP contribution in [0.15, 0.2) is 16.6 Å². The number of nitrogens with two attached hydrogens (primary N) is 1. The van der Waals surface area contributed by atoms with Gasteiger partial charge in [-0.15, -0.1) is 0 Å². The first-order chi connectivity index (χ1) is 7.20. The van der Waals surface area contributed by atoms with Crippen molar-refractivity contribution in [3.63, 3.8) is 0 Å². The molecule has 0 atom stereocenters. The molecule has 0 aliphatic heterocycles. The summed E-state index contributed by atoms with van der Waals surface area (Å²) in [5.41, 5.74) is 7.61. The van der Waals surface area contributed by atoms with E-state index in [-0.39, 0.29) is 11.4 Å². The van der Waals surface area contributed by atoms with Crippen LogP contribution in [0.5, 0.6) is 0 Å². The molecule has 0 aromatic heterocycles. The van der Waals surface area contributed by atoms with Crippen molar-refractivity contribution in [2.24, 2.45) is 0 Å². The summed E-state index contributed by atoms with van der Waals surface area (Å²) in [7, 11) is 0. The predicted octanol–water partition coefficient (Wildman–Crippen LogP) is 2.87. The van der Waals surface area contributed by atoms with E-state index >= 15 is 0 Å². The van der Waals surface area contributed by atoms with Gasteiger partial charge in [0.2, 0.25) is 0 Å². The molecule has 0 spiro atoms. The lowest BCUT2D eigenvalue weighted by atomic mass is 10.0. The Morgan fingerprint density at radius 1 is 1.38 bits per heavy atom. The third-order valence-corrected chi connectivity index (χ3v) is 2.60. The van der Waals surface area contributed by atoms with Gasteiger partial charge in [0.1, 0.15) is 0 Å². The molecule has 0 bridgehead atoms. The summed E-state index contributed by atoms with van der Waals surface area (Å²) in [5.74, 6) is -0.0991. The van der Waals surface area contributed by atoms with Gasteiger partial charge in [0.05, 0.1) is 0 Å². The molecular formula is C12H17BrN2O. The highest BCUT2D eigenvalue weighted by molar-refractivity contribution is 9.10. The smallest absolute Gasteiger partial charge is 0.252 e. The van der Waals surface area contributed by atoms with E-state index in [0.29, 0.717) is 11.3 Å². The summed E-state index contributed by atoms with van der Waals surface area (Å²) < 4.78 is 0.814. The van der Waals surface area contributed by atoms with E-state index in [2.05, 4.69) is 21.2 Å². The Kier molecular flexibility index (Phi) is 3.63. The maximum atomic E-state index is 12.0. The van der Waals surface area contributed by atoms with Crippen molar-refractivity contribution in [3.8, 4) is 0 Å². The van der Waals surface area contributed by atoms with Gasteiger partial charge in [0.15, 0.2) is 0 Å². The van der Waals surface area contributed by atoms with E-state index in [1.54, 1.807) is 12.1 Å². The van der Waals surface area contributed by atoms with Crippen LogP contribution in [-0.2, 0) is 0 Å². The van der Waals surface area contributed by atoms with Crippen molar-refractivity contribution >= 4 is 27.5 Å². The highest BCUT2D eigenvalue weighted by Gasteiger charge is 2.18. The SMILES string of the molecule is Cc1c(N)cc(Br)cc1C(=O)NC(C)(C)C. The van der Waals surface area contributed by atoms with Crippen LogP contribution >= 0.6 is 15.9 Å². The molecule has 3 nitrogen and oxygen atoms in total. The number of benzene rings is 1.